The Labute approximate surface area is 227 Å². The van der Waals surface area contributed by atoms with E-state index in [-0.39, 0.29) is 5.41 Å². The third-order valence-electron chi connectivity index (χ3n) is 8.84. The molecule has 198 valence electrons. The lowest BCUT2D eigenvalue weighted by molar-refractivity contribution is 0.174. The van der Waals surface area contributed by atoms with E-state index in [9.17, 15) is 4.21 Å². The van der Waals surface area contributed by atoms with Gasteiger partial charge in [-0.2, -0.15) is 4.53 Å². The van der Waals surface area contributed by atoms with Gasteiger partial charge < -0.3 is 18.7 Å². The Morgan fingerprint density at radius 2 is 1.97 bits per heavy atom. The quantitative estimate of drug-likeness (QED) is 0.261. The minimum Gasteiger partial charge on any atom is -0.490 e. The van der Waals surface area contributed by atoms with Gasteiger partial charge in [-0.15, -0.1) is 10.6 Å². The van der Waals surface area contributed by atoms with Crippen LogP contribution < -0.4 is 14.5 Å². The molecule has 0 N–H and O–H groups in total. The van der Waals surface area contributed by atoms with E-state index in [4.69, 9.17) is 21.2 Å². The standard InChI is InChI=1S/C30H36ClN2O3S/c1-21-5-2-3-6-22-8-9-24(22)17-33-19-30(14-4-7-23-15-25(31)10-12-27(23)30)20-35-29-13-11-26(16-28(29)33)36-32-37(34)18-21/h2-3,10-13,15-16,21-22,24H,4-9,14,17-20H2,1H3/q-1/b3-2+/t21-,22+,24-,30-/m0/s1. The van der Waals surface area contributed by atoms with Gasteiger partial charge in [0.15, 0.2) is 5.75 Å². The molecule has 37 heavy (non-hydrogen) atoms. The zero-order chi connectivity index (χ0) is 25.4. The van der Waals surface area contributed by atoms with E-state index in [0.717, 1.165) is 61.7 Å². The van der Waals surface area contributed by atoms with Crippen LogP contribution in [0.25, 0.3) is 0 Å². The van der Waals surface area contributed by atoms with Crippen LogP contribution in [-0.2, 0) is 26.6 Å². The van der Waals surface area contributed by atoms with Crippen LogP contribution in [0.2, 0.25) is 5.02 Å². The molecule has 5 nitrogen and oxygen atoms in total. The van der Waals surface area contributed by atoms with Gasteiger partial charge in [-0.3, -0.25) is 0 Å². The van der Waals surface area contributed by atoms with Crippen LogP contribution in [0, 0.1) is 17.8 Å². The average molecular weight is 540 g/mol. The zero-order valence-corrected chi connectivity index (χ0v) is 23.1. The fraction of sp³-hybridized carbons (Fsp3) is 0.533. The van der Waals surface area contributed by atoms with Gasteiger partial charge in [0.05, 0.1) is 12.3 Å². The normalized spacial score (nSPS) is 31.0. The lowest BCUT2D eigenvalue weighted by Crippen LogP contribution is -2.48. The van der Waals surface area contributed by atoms with Gasteiger partial charge in [-0.25, -0.2) is 0 Å². The fourth-order valence-corrected chi connectivity index (χ4v) is 7.70. The highest BCUT2D eigenvalue weighted by atomic mass is 35.5. The van der Waals surface area contributed by atoms with Gasteiger partial charge in [0.25, 0.3) is 0 Å². The Bertz CT molecular complexity index is 1270. The first-order valence-electron chi connectivity index (χ1n) is 13.7. The highest BCUT2D eigenvalue weighted by Gasteiger charge is 2.43. The summed E-state index contributed by atoms with van der Waals surface area (Å²) in [5.41, 5.74) is 3.71. The summed E-state index contributed by atoms with van der Waals surface area (Å²) in [7, 11) is -1.38. The van der Waals surface area contributed by atoms with Gasteiger partial charge in [-0.1, -0.05) is 48.4 Å². The van der Waals surface area contributed by atoms with Crippen molar-refractivity contribution in [3.63, 3.8) is 0 Å². The van der Waals surface area contributed by atoms with E-state index >= 15 is 0 Å². The first-order chi connectivity index (χ1) is 18.0. The average Bonchev–Trinajstić information content (AvgIpc) is 3.02. The summed E-state index contributed by atoms with van der Waals surface area (Å²) in [6, 6.07) is 12.3. The first kappa shape index (κ1) is 25.1. The van der Waals surface area contributed by atoms with Crippen molar-refractivity contribution in [1.29, 1.82) is 0 Å². The molecule has 0 aromatic heterocycles. The number of hydrogen-bond donors (Lipinski definition) is 0. The number of hydrogen-bond acceptors (Lipinski definition) is 6. The van der Waals surface area contributed by atoms with Crippen LogP contribution in [0.15, 0.2) is 53.1 Å². The molecule has 4 atom stereocenters. The maximum atomic E-state index is 12.5. The molecular weight excluding hydrogens is 504 g/mol. The van der Waals surface area contributed by atoms with Crippen LogP contribution in [-0.4, -0.2) is 25.4 Å². The Morgan fingerprint density at radius 1 is 1.11 bits per heavy atom. The molecular formula is C30H36ClN2O3S-. The van der Waals surface area contributed by atoms with E-state index < -0.39 is 10.6 Å². The maximum Gasteiger partial charge on any atom is 0.157 e. The van der Waals surface area contributed by atoms with Crippen LogP contribution in [0.1, 0.15) is 56.6 Å². The minimum absolute atomic E-state index is 0.0831. The molecule has 2 aromatic rings. The van der Waals surface area contributed by atoms with Crippen molar-refractivity contribution in [2.24, 2.45) is 22.3 Å². The number of rotatable bonds is 0. The lowest BCUT2D eigenvalue weighted by atomic mass is 9.69. The fourth-order valence-electron chi connectivity index (χ4n) is 6.65. The van der Waals surface area contributed by atoms with Crippen LogP contribution in [0.5, 0.6) is 11.5 Å². The number of anilines is 1. The van der Waals surface area contributed by atoms with E-state index in [2.05, 4.69) is 40.6 Å². The Morgan fingerprint density at radius 3 is 2.84 bits per heavy atom. The summed E-state index contributed by atoms with van der Waals surface area (Å²) in [6.45, 7) is 4.67. The number of allylic oxidation sites excluding steroid dienone is 2. The number of nitrogens with zero attached hydrogens (tertiary/aromatic N) is 2. The second-order valence-corrected chi connectivity index (χ2v) is 13.1. The molecule has 0 amide bonds. The number of ether oxygens (including phenoxy) is 1. The third-order valence-corrected chi connectivity index (χ3v) is 10.2. The lowest BCUT2D eigenvalue weighted by Gasteiger charge is -2.44. The molecule has 2 aliphatic heterocycles. The van der Waals surface area contributed by atoms with Crippen molar-refractivity contribution >= 4 is 27.9 Å². The van der Waals surface area contributed by atoms with Crippen molar-refractivity contribution in [3.05, 3.63) is 64.7 Å². The molecule has 1 spiro atoms. The SMILES string of the molecule is C[C@H]1C/C=C/C[C@@H]2CC[C@H]2CN2C[C@@]3(CCCc4cc(Cl)ccc43)COc3ccc(cc32)ON=[S-](=O)C1. The molecule has 6 rings (SSSR count). The number of halogens is 1. The smallest absolute Gasteiger partial charge is 0.157 e. The summed E-state index contributed by atoms with van der Waals surface area (Å²) >= 11 is 6.39. The van der Waals surface area contributed by atoms with Crippen molar-refractivity contribution < 1.29 is 13.8 Å². The highest BCUT2D eigenvalue weighted by Crippen LogP contribution is 2.47. The van der Waals surface area contributed by atoms with Crippen molar-refractivity contribution in [1.82, 2.24) is 0 Å². The van der Waals surface area contributed by atoms with E-state index in [1.165, 1.54) is 24.0 Å². The summed E-state index contributed by atoms with van der Waals surface area (Å²) in [4.78, 5) is 8.24. The second kappa shape index (κ2) is 10.5. The van der Waals surface area contributed by atoms with Crippen molar-refractivity contribution in [2.45, 2.75) is 57.3 Å². The van der Waals surface area contributed by atoms with Gasteiger partial charge >= 0.3 is 0 Å². The van der Waals surface area contributed by atoms with Crippen LogP contribution >= 0.6 is 11.6 Å². The Kier molecular flexibility index (Phi) is 7.15. The molecule has 0 saturated heterocycles. The largest absolute Gasteiger partial charge is 0.490 e. The molecule has 2 aromatic carbocycles. The summed E-state index contributed by atoms with van der Waals surface area (Å²) in [6.07, 6.45) is 12.5. The molecule has 0 radical (unpaired) electrons. The maximum absolute atomic E-state index is 12.5. The second-order valence-electron chi connectivity index (χ2n) is 11.5. The minimum atomic E-state index is -1.38. The van der Waals surface area contributed by atoms with Gasteiger partial charge in [0.2, 0.25) is 0 Å². The zero-order valence-electron chi connectivity index (χ0n) is 21.5. The summed E-state index contributed by atoms with van der Waals surface area (Å²) in [5, 5.41) is 0.807. The van der Waals surface area contributed by atoms with Crippen molar-refractivity contribution in [3.8, 4) is 11.5 Å². The van der Waals surface area contributed by atoms with Crippen LogP contribution in [0.4, 0.5) is 5.69 Å². The third kappa shape index (κ3) is 5.24. The van der Waals surface area contributed by atoms with Crippen molar-refractivity contribution in [2.75, 3.05) is 30.3 Å². The summed E-state index contributed by atoms with van der Waals surface area (Å²) < 4.78 is 23.1. The molecule has 2 aliphatic carbocycles. The molecule has 2 bridgehead atoms. The monoisotopic (exact) mass is 539 g/mol. The van der Waals surface area contributed by atoms with E-state index in [1.54, 1.807) is 0 Å². The van der Waals surface area contributed by atoms with Crippen LogP contribution in [0.3, 0.4) is 0 Å². The predicted molar refractivity (Wildman–Crippen MR) is 150 cm³/mol. The number of fused-ring (bicyclic) bond motifs is 4. The van der Waals surface area contributed by atoms with Gasteiger partial charge in [0.1, 0.15) is 5.75 Å². The van der Waals surface area contributed by atoms with Gasteiger partial charge in [-0.05, 0) is 92.2 Å². The van der Waals surface area contributed by atoms with E-state index in [1.807, 2.05) is 24.3 Å². The molecule has 1 fully saturated rings. The first-order valence-corrected chi connectivity index (χ1v) is 15.4. The Hall–Kier alpha value is -2.18. The molecule has 0 unspecified atom stereocenters. The molecule has 1 saturated carbocycles. The summed E-state index contributed by atoms with van der Waals surface area (Å²) in [5.74, 6) is 3.67. The molecule has 7 heteroatoms. The number of aryl methyl sites for hydroxylation is 1. The van der Waals surface area contributed by atoms with Gasteiger partial charge in [0, 0.05) is 29.6 Å². The molecule has 4 aliphatic rings. The predicted octanol–water partition coefficient (Wildman–Crippen LogP) is 7.27. The highest BCUT2D eigenvalue weighted by molar-refractivity contribution is 7.74. The Balaban J connectivity index is 1.38. The topological polar surface area (TPSA) is 51.1 Å². The van der Waals surface area contributed by atoms with E-state index in [0.29, 0.717) is 35.9 Å². The number of benzene rings is 2. The molecule has 2 heterocycles.